The van der Waals surface area contributed by atoms with Crippen LogP contribution in [0.1, 0.15) is 49.8 Å². The van der Waals surface area contributed by atoms with Gasteiger partial charge in [-0.3, -0.25) is 19.8 Å². The zero-order valence-electron chi connectivity index (χ0n) is 18.8. The summed E-state index contributed by atoms with van der Waals surface area (Å²) in [7, 11) is 2.12. The second kappa shape index (κ2) is 8.12. The van der Waals surface area contributed by atoms with Crippen molar-refractivity contribution in [1.29, 1.82) is 0 Å². The maximum Gasteiger partial charge on any atom is 0.270 e. The second-order valence-electron chi connectivity index (χ2n) is 9.18. The highest BCUT2D eigenvalue weighted by atomic mass is 79.9. The summed E-state index contributed by atoms with van der Waals surface area (Å²) < 4.78 is 0.892. The maximum absolute atomic E-state index is 13.3. The van der Waals surface area contributed by atoms with Gasteiger partial charge in [0.15, 0.2) is 5.11 Å². The van der Waals surface area contributed by atoms with Crippen molar-refractivity contribution >= 4 is 62.5 Å². The fourth-order valence-corrected chi connectivity index (χ4v) is 5.07. The predicted molar refractivity (Wildman–Crippen MR) is 137 cm³/mol. The van der Waals surface area contributed by atoms with Gasteiger partial charge in [0.2, 0.25) is 0 Å². The number of amides is 2. The molecule has 0 bridgehead atoms. The Bertz CT molecular complexity index is 1170. The number of nitrogens with one attached hydrogen (secondary N) is 1. The van der Waals surface area contributed by atoms with E-state index in [0.29, 0.717) is 11.6 Å². The number of rotatable bonds is 2. The van der Waals surface area contributed by atoms with Crippen molar-refractivity contribution < 1.29 is 9.59 Å². The van der Waals surface area contributed by atoms with Crippen LogP contribution in [-0.4, -0.2) is 29.5 Å². The van der Waals surface area contributed by atoms with E-state index in [1.54, 1.807) is 18.2 Å². The van der Waals surface area contributed by atoms with Gasteiger partial charge in [-0.05, 0) is 104 Å². The van der Waals surface area contributed by atoms with Crippen LogP contribution in [0.3, 0.4) is 0 Å². The van der Waals surface area contributed by atoms with E-state index in [9.17, 15) is 9.59 Å². The predicted octanol–water partition coefficient (Wildman–Crippen LogP) is 5.31. The summed E-state index contributed by atoms with van der Waals surface area (Å²) in [6.45, 7) is 8.74. The Morgan fingerprint density at radius 2 is 1.84 bits per heavy atom. The van der Waals surface area contributed by atoms with Crippen LogP contribution in [0.25, 0.3) is 6.08 Å². The van der Waals surface area contributed by atoms with Crippen molar-refractivity contribution in [2.24, 2.45) is 0 Å². The molecule has 0 aromatic heterocycles. The number of hydrogen-bond donors (Lipinski definition) is 1. The maximum atomic E-state index is 13.3. The van der Waals surface area contributed by atoms with Crippen LogP contribution in [0.2, 0.25) is 0 Å². The third-order valence-corrected chi connectivity index (χ3v) is 7.32. The Hall–Kier alpha value is -2.51. The number of anilines is 2. The minimum Gasteiger partial charge on any atom is -0.369 e. The summed E-state index contributed by atoms with van der Waals surface area (Å²) in [6.07, 6.45) is 2.72. The molecule has 0 spiro atoms. The average molecular weight is 512 g/mol. The number of aryl methyl sites for hydroxylation is 1. The highest BCUT2D eigenvalue weighted by molar-refractivity contribution is 9.10. The molecule has 1 saturated heterocycles. The first-order chi connectivity index (χ1) is 15.0. The Morgan fingerprint density at radius 1 is 1.19 bits per heavy atom. The molecule has 2 aliphatic heterocycles. The molecule has 4 rings (SSSR count). The lowest BCUT2D eigenvalue weighted by Gasteiger charge is -2.45. The standard InChI is InChI=1S/C25H26BrN3O2S/c1-14-10-21-19(15(2)13-25(3,4)28(21)5)11-16(14)12-20-22(30)27-24(32)29(23(20)31)18-8-6-17(26)7-9-18/h6-12,15H,13H2,1-5H3,(H,27,30,32)/b20-12+. The molecule has 1 atom stereocenters. The fourth-order valence-electron chi connectivity index (χ4n) is 4.53. The summed E-state index contributed by atoms with van der Waals surface area (Å²) in [5.41, 5.74) is 5.05. The van der Waals surface area contributed by atoms with E-state index >= 15 is 0 Å². The van der Waals surface area contributed by atoms with Crippen LogP contribution in [0.15, 0.2) is 46.4 Å². The molecule has 1 unspecified atom stereocenters. The Kier molecular flexibility index (Phi) is 5.75. The number of nitrogens with zero attached hydrogens (tertiary/aromatic N) is 2. The number of hydrogen-bond acceptors (Lipinski definition) is 4. The van der Waals surface area contributed by atoms with Gasteiger partial charge in [0.25, 0.3) is 11.8 Å². The van der Waals surface area contributed by atoms with E-state index < -0.39 is 11.8 Å². The van der Waals surface area contributed by atoms with Gasteiger partial charge in [-0.25, -0.2) is 0 Å². The largest absolute Gasteiger partial charge is 0.369 e. The topological polar surface area (TPSA) is 52.7 Å². The molecule has 5 nitrogen and oxygen atoms in total. The molecule has 2 heterocycles. The minimum absolute atomic E-state index is 0.0684. The van der Waals surface area contributed by atoms with Gasteiger partial charge in [-0.2, -0.15) is 0 Å². The molecule has 0 radical (unpaired) electrons. The first-order valence-corrected chi connectivity index (χ1v) is 11.7. The first kappa shape index (κ1) is 22.7. The first-order valence-electron chi connectivity index (χ1n) is 10.5. The Morgan fingerprint density at radius 3 is 2.50 bits per heavy atom. The molecule has 1 fully saturated rings. The quantitative estimate of drug-likeness (QED) is 0.337. The number of fused-ring (bicyclic) bond motifs is 1. The average Bonchev–Trinajstić information content (AvgIpc) is 2.71. The van der Waals surface area contributed by atoms with E-state index in [2.05, 4.69) is 66.1 Å². The van der Waals surface area contributed by atoms with Gasteiger partial charge in [0, 0.05) is 22.7 Å². The lowest BCUT2D eigenvalue weighted by atomic mass is 9.79. The minimum atomic E-state index is -0.475. The molecule has 2 amide bonds. The van der Waals surface area contributed by atoms with Crippen molar-refractivity contribution in [3.8, 4) is 0 Å². The van der Waals surface area contributed by atoms with Gasteiger partial charge in [-0.15, -0.1) is 0 Å². The zero-order chi connectivity index (χ0) is 23.4. The van der Waals surface area contributed by atoms with Crippen LogP contribution in [-0.2, 0) is 9.59 Å². The third-order valence-electron chi connectivity index (χ3n) is 6.51. The van der Waals surface area contributed by atoms with Crippen LogP contribution in [0.5, 0.6) is 0 Å². The SMILES string of the molecule is Cc1cc2c(cc1/C=C1\C(=O)NC(=S)N(c3ccc(Br)cc3)C1=O)C(C)CC(C)(C)N2C. The second-order valence-corrected chi connectivity index (χ2v) is 10.5. The number of thiocarbonyl (C=S) groups is 1. The van der Waals surface area contributed by atoms with E-state index in [4.69, 9.17) is 12.2 Å². The normalized spacial score (nSPS) is 21.6. The molecular weight excluding hydrogens is 486 g/mol. The number of carbonyl (C=O) groups is 2. The van der Waals surface area contributed by atoms with Crippen molar-refractivity contribution in [2.45, 2.75) is 45.6 Å². The molecule has 0 saturated carbocycles. The van der Waals surface area contributed by atoms with Gasteiger partial charge in [-0.1, -0.05) is 22.9 Å². The summed E-state index contributed by atoms with van der Waals surface area (Å²) in [6, 6.07) is 11.5. The molecule has 0 aliphatic carbocycles. The van der Waals surface area contributed by atoms with E-state index in [1.165, 1.54) is 16.2 Å². The molecule has 2 aromatic carbocycles. The van der Waals surface area contributed by atoms with Crippen molar-refractivity contribution in [3.63, 3.8) is 0 Å². The van der Waals surface area contributed by atoms with Crippen LogP contribution >= 0.6 is 28.1 Å². The van der Waals surface area contributed by atoms with Crippen LogP contribution in [0, 0.1) is 6.92 Å². The van der Waals surface area contributed by atoms with Gasteiger partial charge < -0.3 is 4.90 Å². The summed E-state index contributed by atoms with van der Waals surface area (Å²) >= 11 is 8.70. The summed E-state index contributed by atoms with van der Waals surface area (Å²) in [4.78, 5) is 29.7. The van der Waals surface area contributed by atoms with Crippen molar-refractivity contribution in [2.75, 3.05) is 16.8 Å². The van der Waals surface area contributed by atoms with Gasteiger partial charge >= 0.3 is 0 Å². The number of benzene rings is 2. The smallest absolute Gasteiger partial charge is 0.270 e. The molecule has 166 valence electrons. The highest BCUT2D eigenvalue weighted by Crippen LogP contribution is 2.43. The van der Waals surface area contributed by atoms with Crippen LogP contribution < -0.4 is 15.1 Å². The molecule has 1 N–H and O–H groups in total. The van der Waals surface area contributed by atoms with Gasteiger partial charge in [0.1, 0.15) is 5.57 Å². The lowest BCUT2D eigenvalue weighted by Crippen LogP contribution is -2.54. The number of halogens is 1. The van der Waals surface area contributed by atoms with E-state index in [1.807, 2.05) is 19.1 Å². The van der Waals surface area contributed by atoms with E-state index in [-0.39, 0.29) is 16.2 Å². The summed E-state index contributed by atoms with van der Waals surface area (Å²) in [5, 5.41) is 2.74. The van der Waals surface area contributed by atoms with Crippen LogP contribution in [0.4, 0.5) is 11.4 Å². The molecule has 2 aliphatic rings. The van der Waals surface area contributed by atoms with E-state index in [0.717, 1.165) is 22.0 Å². The highest BCUT2D eigenvalue weighted by Gasteiger charge is 2.36. The van der Waals surface area contributed by atoms with Crippen molar-refractivity contribution in [1.82, 2.24) is 5.32 Å². The van der Waals surface area contributed by atoms with Crippen molar-refractivity contribution in [3.05, 3.63) is 63.1 Å². The fraction of sp³-hybridized carbons (Fsp3) is 0.320. The molecule has 7 heteroatoms. The van der Waals surface area contributed by atoms with Gasteiger partial charge in [0.05, 0.1) is 5.69 Å². The Balaban J connectivity index is 1.77. The number of carbonyl (C=O) groups excluding carboxylic acids is 2. The summed E-state index contributed by atoms with van der Waals surface area (Å²) in [5.74, 6) is -0.530. The molecule has 2 aromatic rings. The monoisotopic (exact) mass is 511 g/mol. The molecular formula is C25H26BrN3O2S. The Labute approximate surface area is 202 Å². The molecule has 32 heavy (non-hydrogen) atoms. The third kappa shape index (κ3) is 3.88. The zero-order valence-corrected chi connectivity index (χ0v) is 21.2. The lowest BCUT2D eigenvalue weighted by molar-refractivity contribution is -0.122.